The highest BCUT2D eigenvalue weighted by atomic mass is 19.4. The second-order valence-corrected chi connectivity index (χ2v) is 9.30. The molecule has 0 radical (unpaired) electrons. The van der Waals surface area contributed by atoms with E-state index in [-0.39, 0.29) is 11.5 Å². The van der Waals surface area contributed by atoms with Crippen molar-refractivity contribution in [2.24, 2.45) is 0 Å². The Labute approximate surface area is 204 Å². The lowest BCUT2D eigenvalue weighted by atomic mass is 9.61. The fourth-order valence-corrected chi connectivity index (χ4v) is 4.75. The molecule has 34 heavy (non-hydrogen) atoms. The zero-order valence-electron chi connectivity index (χ0n) is 21.3. The van der Waals surface area contributed by atoms with Crippen molar-refractivity contribution in [1.29, 1.82) is 0 Å². The molecule has 1 N–H and O–H groups in total. The smallest absolute Gasteiger partial charge is 0.391 e. The summed E-state index contributed by atoms with van der Waals surface area (Å²) in [5, 5.41) is 10.9. The van der Waals surface area contributed by atoms with Crippen LogP contribution < -0.4 is 0 Å². The molecule has 1 aliphatic heterocycles. The lowest BCUT2D eigenvalue weighted by molar-refractivity contribution is -0.137. The molecule has 0 spiro atoms. The molecule has 2 aliphatic rings. The molecular weight excluding hydrogens is 435 g/mol. The van der Waals surface area contributed by atoms with Gasteiger partial charge in [-0.3, -0.25) is 0 Å². The fraction of sp³-hybridized carbons (Fsp3) is 0.586. The summed E-state index contributed by atoms with van der Waals surface area (Å²) in [7, 11) is 0. The Bertz CT molecular complexity index is 820. The quantitative estimate of drug-likeness (QED) is 0.480. The summed E-state index contributed by atoms with van der Waals surface area (Å²) in [6.07, 6.45) is 3.83. The van der Waals surface area contributed by atoms with E-state index in [4.69, 9.17) is 0 Å². The van der Waals surface area contributed by atoms with E-state index in [9.17, 15) is 18.3 Å². The first-order valence-corrected chi connectivity index (χ1v) is 12.9. The Hall–Kier alpha value is -1.85. The topological polar surface area (TPSA) is 23.5 Å². The third-order valence-electron chi connectivity index (χ3n) is 7.08. The molecule has 0 aromatic heterocycles. The minimum Gasteiger partial charge on any atom is -0.391 e. The molecule has 5 heteroatoms. The predicted molar refractivity (Wildman–Crippen MR) is 135 cm³/mol. The van der Waals surface area contributed by atoms with E-state index >= 15 is 0 Å². The van der Waals surface area contributed by atoms with E-state index in [0.29, 0.717) is 0 Å². The molecule has 2 aromatic rings. The lowest BCUT2D eigenvalue weighted by Gasteiger charge is -2.47. The molecule has 1 saturated heterocycles. The van der Waals surface area contributed by atoms with Crippen LogP contribution in [0.4, 0.5) is 13.2 Å². The fourth-order valence-electron chi connectivity index (χ4n) is 4.75. The van der Waals surface area contributed by atoms with E-state index in [1.165, 1.54) is 62.0 Å². The van der Waals surface area contributed by atoms with Crippen LogP contribution in [0.1, 0.15) is 81.5 Å². The highest BCUT2D eigenvalue weighted by Crippen LogP contribution is 2.46. The van der Waals surface area contributed by atoms with Crippen molar-refractivity contribution in [2.45, 2.75) is 90.3 Å². The van der Waals surface area contributed by atoms with E-state index in [2.05, 4.69) is 36.1 Å². The van der Waals surface area contributed by atoms with Gasteiger partial charge in [0.05, 0.1) is 11.7 Å². The number of hydrogen-bond acceptors (Lipinski definition) is 2. The number of benzene rings is 2. The van der Waals surface area contributed by atoms with Gasteiger partial charge in [0.2, 0.25) is 0 Å². The minimum atomic E-state index is -4.22. The highest BCUT2D eigenvalue weighted by Gasteiger charge is 2.45. The molecule has 2 aromatic carbocycles. The van der Waals surface area contributed by atoms with E-state index in [0.717, 1.165) is 43.5 Å². The Morgan fingerprint density at radius 3 is 1.88 bits per heavy atom. The standard InChI is InChI=1S/C18H27NO.C9H9F3.C2H6/c1-15-6-8-16(9-7-15)18(10-5-11-18)17(20)14-19-12-3-2-4-13-19;1-2-7-3-5-8(6-4-7)9(10,11)12;1-2/h6-9,17,20H,2-5,10-14H2,1H3;3-6H,2H2,1H3;1-2H3. The number of rotatable bonds is 5. The molecule has 0 amide bonds. The van der Waals surface area contributed by atoms with Crippen LogP contribution in [-0.4, -0.2) is 35.7 Å². The molecule has 1 heterocycles. The van der Waals surface area contributed by atoms with Crippen molar-refractivity contribution in [3.8, 4) is 0 Å². The van der Waals surface area contributed by atoms with E-state index in [1.54, 1.807) is 0 Å². The Balaban J connectivity index is 0.000000251. The monoisotopic (exact) mass is 477 g/mol. The highest BCUT2D eigenvalue weighted by molar-refractivity contribution is 5.32. The van der Waals surface area contributed by atoms with Gasteiger partial charge in [0.1, 0.15) is 0 Å². The van der Waals surface area contributed by atoms with Crippen LogP contribution in [-0.2, 0) is 18.0 Å². The zero-order chi connectivity index (χ0) is 25.2. The average molecular weight is 478 g/mol. The van der Waals surface area contributed by atoms with Crippen LogP contribution in [0.25, 0.3) is 0 Å². The van der Waals surface area contributed by atoms with Crippen LogP contribution in [0, 0.1) is 6.92 Å². The van der Waals surface area contributed by atoms with Gasteiger partial charge in [0.15, 0.2) is 0 Å². The molecule has 2 nitrogen and oxygen atoms in total. The molecule has 0 bridgehead atoms. The van der Waals surface area contributed by atoms with E-state index < -0.39 is 11.7 Å². The maximum Gasteiger partial charge on any atom is 0.416 e. The second-order valence-electron chi connectivity index (χ2n) is 9.30. The van der Waals surface area contributed by atoms with Gasteiger partial charge in [-0.15, -0.1) is 0 Å². The van der Waals surface area contributed by atoms with Crippen molar-refractivity contribution in [1.82, 2.24) is 4.90 Å². The number of alkyl halides is 3. The molecule has 2 fully saturated rings. The Kier molecular flexibility index (Phi) is 11.1. The van der Waals surface area contributed by atoms with Crippen molar-refractivity contribution in [2.75, 3.05) is 19.6 Å². The summed E-state index contributed by atoms with van der Waals surface area (Å²) in [5.41, 5.74) is 3.01. The van der Waals surface area contributed by atoms with Crippen LogP contribution in [0.3, 0.4) is 0 Å². The number of β-amino-alcohol motifs (C(OH)–C–C–N with tert-alkyl or cyclic N) is 1. The van der Waals surface area contributed by atoms with Gasteiger partial charge in [-0.05, 0) is 75.4 Å². The summed E-state index contributed by atoms with van der Waals surface area (Å²) in [6.45, 7) is 11.2. The maximum atomic E-state index is 12.0. The van der Waals surface area contributed by atoms with Gasteiger partial charge >= 0.3 is 6.18 Å². The van der Waals surface area contributed by atoms with Gasteiger partial charge in [0.25, 0.3) is 0 Å². The van der Waals surface area contributed by atoms with Crippen LogP contribution in [0.5, 0.6) is 0 Å². The van der Waals surface area contributed by atoms with E-state index in [1.807, 2.05) is 20.8 Å². The summed E-state index contributed by atoms with van der Waals surface area (Å²) < 4.78 is 36.1. The molecule has 1 saturated carbocycles. The molecule has 1 aliphatic carbocycles. The molecule has 4 rings (SSSR count). The van der Waals surface area contributed by atoms with Crippen LogP contribution in [0.15, 0.2) is 48.5 Å². The second kappa shape index (κ2) is 13.3. The molecule has 1 unspecified atom stereocenters. The summed E-state index contributed by atoms with van der Waals surface area (Å²) in [5.74, 6) is 0. The molecule has 190 valence electrons. The average Bonchev–Trinajstić information content (AvgIpc) is 2.81. The van der Waals surface area contributed by atoms with Crippen LogP contribution in [0.2, 0.25) is 0 Å². The summed E-state index contributed by atoms with van der Waals surface area (Å²) >= 11 is 0. The number of aliphatic hydroxyl groups is 1. The number of likely N-dealkylation sites (tertiary alicyclic amines) is 1. The maximum absolute atomic E-state index is 12.0. The molecule has 1 atom stereocenters. The van der Waals surface area contributed by atoms with Gasteiger partial charge in [-0.1, -0.05) is 75.6 Å². The first-order valence-electron chi connectivity index (χ1n) is 12.9. The van der Waals surface area contributed by atoms with Crippen molar-refractivity contribution < 1.29 is 18.3 Å². The van der Waals surface area contributed by atoms with Gasteiger partial charge in [0, 0.05) is 12.0 Å². The Morgan fingerprint density at radius 1 is 0.882 bits per heavy atom. The number of aryl methyl sites for hydroxylation is 2. The third kappa shape index (κ3) is 7.58. The first kappa shape index (κ1) is 28.4. The summed E-state index contributed by atoms with van der Waals surface area (Å²) in [4.78, 5) is 2.46. The van der Waals surface area contributed by atoms with Crippen molar-refractivity contribution >= 4 is 0 Å². The van der Waals surface area contributed by atoms with Gasteiger partial charge in [-0.25, -0.2) is 0 Å². The lowest BCUT2D eigenvalue weighted by Crippen LogP contribution is -2.51. The van der Waals surface area contributed by atoms with Crippen molar-refractivity contribution in [3.05, 3.63) is 70.8 Å². The largest absolute Gasteiger partial charge is 0.416 e. The number of aliphatic hydroxyl groups excluding tert-OH is 1. The Morgan fingerprint density at radius 2 is 1.44 bits per heavy atom. The number of piperidine rings is 1. The first-order chi connectivity index (χ1) is 16.2. The zero-order valence-corrected chi connectivity index (χ0v) is 21.3. The SMILES string of the molecule is CC.CCc1ccc(C(F)(F)F)cc1.Cc1ccc(C2(C(O)CN3CCCCC3)CCC2)cc1. The normalized spacial score (nSPS) is 18.5. The van der Waals surface area contributed by atoms with Gasteiger partial charge < -0.3 is 10.0 Å². The summed E-state index contributed by atoms with van der Waals surface area (Å²) in [6, 6.07) is 14.1. The number of halogens is 3. The third-order valence-corrected chi connectivity index (χ3v) is 7.08. The number of nitrogens with zero attached hydrogens (tertiary/aromatic N) is 1. The minimum absolute atomic E-state index is 0.0329. The van der Waals surface area contributed by atoms with Crippen LogP contribution >= 0.6 is 0 Å². The van der Waals surface area contributed by atoms with Crippen molar-refractivity contribution in [3.63, 3.8) is 0 Å². The molecular formula is C29H42F3NO. The predicted octanol–water partition coefficient (Wildman–Crippen LogP) is 7.56. The van der Waals surface area contributed by atoms with Gasteiger partial charge in [-0.2, -0.15) is 13.2 Å². The number of hydrogen-bond donors (Lipinski definition) is 1.